The Balaban J connectivity index is 3.28. The molecule has 11 heavy (non-hydrogen) atoms. The molecule has 1 amide bonds. The van der Waals surface area contributed by atoms with Gasteiger partial charge in [-0.05, 0) is 13.1 Å². The first kappa shape index (κ1) is 10.5. The number of nitrogens with zero attached hydrogens (tertiary/aromatic N) is 1. The topological polar surface area (TPSA) is 32.3 Å². The zero-order valence-corrected chi connectivity index (χ0v) is 7.26. The van der Waals surface area contributed by atoms with E-state index in [9.17, 15) is 4.79 Å². The smallest absolute Gasteiger partial charge is 0.200 e. The largest absolute Gasteiger partial charge is 0.365 e. The lowest BCUT2D eigenvalue weighted by Crippen LogP contribution is -2.34. The Morgan fingerprint density at radius 2 is 2.00 bits per heavy atom. The van der Waals surface area contributed by atoms with Crippen LogP contribution in [0.5, 0.6) is 0 Å². The number of carbonyl (C=O) groups excluding carboxylic acids is 1. The van der Waals surface area contributed by atoms with Gasteiger partial charge < -0.3 is 10.2 Å². The van der Waals surface area contributed by atoms with Gasteiger partial charge in [-0.1, -0.05) is 13.8 Å². The van der Waals surface area contributed by atoms with Crippen LogP contribution in [-0.2, 0) is 0 Å². The maximum Gasteiger partial charge on any atom is 0.200 e. The summed E-state index contributed by atoms with van der Waals surface area (Å²) in [6, 6.07) is 0. The fraction of sp³-hybridized carbons (Fsp3) is 0.857. The lowest BCUT2D eigenvalue weighted by Gasteiger charge is -2.17. The molecule has 0 aliphatic heterocycles. The van der Waals surface area contributed by atoms with Gasteiger partial charge in [-0.2, -0.15) is 0 Å². The van der Waals surface area contributed by atoms with E-state index in [-0.39, 0.29) is 0 Å². The van der Waals surface area contributed by atoms with Crippen LogP contribution in [0.2, 0.25) is 0 Å². The van der Waals surface area contributed by atoms with Crippen molar-refractivity contribution in [3.05, 3.63) is 0 Å². The fourth-order valence-corrected chi connectivity index (χ4v) is 0.877. The van der Waals surface area contributed by atoms with Crippen LogP contribution in [0.25, 0.3) is 0 Å². The van der Waals surface area contributed by atoms with Crippen LogP contribution in [0.4, 0.5) is 4.79 Å². The van der Waals surface area contributed by atoms with E-state index in [0.717, 1.165) is 19.6 Å². The van der Waals surface area contributed by atoms with Gasteiger partial charge in [0.15, 0.2) is 13.7 Å². The van der Waals surface area contributed by atoms with Crippen molar-refractivity contribution in [3.63, 3.8) is 0 Å². The van der Waals surface area contributed by atoms with Crippen LogP contribution in [0.1, 0.15) is 13.8 Å². The summed E-state index contributed by atoms with van der Waals surface area (Å²) >= 11 is 0. The third kappa shape index (κ3) is 5.92. The SMILES string of the molecule is [B]C(=O)NCCN(CC)CC. The van der Waals surface area contributed by atoms with Gasteiger partial charge in [0.2, 0.25) is 0 Å². The average Bonchev–Trinajstić information content (AvgIpc) is 1.98. The van der Waals surface area contributed by atoms with Crippen molar-refractivity contribution >= 4 is 13.7 Å². The number of nitrogens with one attached hydrogen (secondary N) is 1. The molecule has 0 spiro atoms. The lowest BCUT2D eigenvalue weighted by molar-refractivity contribution is 0.255. The van der Waals surface area contributed by atoms with Gasteiger partial charge >= 0.3 is 0 Å². The van der Waals surface area contributed by atoms with Crippen molar-refractivity contribution in [3.8, 4) is 0 Å². The van der Waals surface area contributed by atoms with Crippen molar-refractivity contribution in [2.45, 2.75) is 13.8 Å². The Bertz CT molecular complexity index is 115. The maximum atomic E-state index is 10.3. The molecule has 0 unspecified atom stereocenters. The van der Waals surface area contributed by atoms with E-state index in [1.165, 1.54) is 0 Å². The molecule has 4 heteroatoms. The summed E-state index contributed by atoms with van der Waals surface area (Å²) in [7, 11) is 4.89. The Morgan fingerprint density at radius 3 is 2.36 bits per heavy atom. The molecular weight excluding hydrogens is 139 g/mol. The highest BCUT2D eigenvalue weighted by molar-refractivity contribution is 6.57. The average molecular weight is 154 g/mol. The van der Waals surface area contributed by atoms with Crippen molar-refractivity contribution in [2.24, 2.45) is 0 Å². The van der Waals surface area contributed by atoms with E-state index < -0.39 is 5.81 Å². The quantitative estimate of drug-likeness (QED) is 0.574. The molecule has 0 saturated carbocycles. The normalized spacial score (nSPS) is 10.1. The molecule has 2 radical (unpaired) electrons. The number of hydrogen-bond donors (Lipinski definition) is 1. The molecule has 0 aromatic rings. The van der Waals surface area contributed by atoms with Crippen LogP contribution in [-0.4, -0.2) is 44.7 Å². The second-order valence-corrected chi connectivity index (χ2v) is 2.32. The number of rotatable bonds is 5. The van der Waals surface area contributed by atoms with E-state index in [1.54, 1.807) is 0 Å². The molecule has 3 nitrogen and oxygen atoms in total. The Kier molecular flexibility index (Phi) is 5.94. The molecule has 1 N–H and O–H groups in total. The summed E-state index contributed by atoms with van der Waals surface area (Å²) in [5.74, 6) is -0.447. The summed E-state index contributed by atoms with van der Waals surface area (Å²) in [4.78, 5) is 12.5. The predicted octanol–water partition coefficient (Wildman–Crippen LogP) is 0.206. The third-order valence-electron chi connectivity index (χ3n) is 1.62. The lowest BCUT2D eigenvalue weighted by atomic mass is 10.1. The Morgan fingerprint density at radius 1 is 1.45 bits per heavy atom. The summed E-state index contributed by atoms with van der Waals surface area (Å²) in [6.07, 6.45) is 0. The number of carbonyl (C=O) groups is 1. The van der Waals surface area contributed by atoms with E-state index in [0.29, 0.717) is 6.54 Å². The van der Waals surface area contributed by atoms with Crippen molar-refractivity contribution in [2.75, 3.05) is 26.2 Å². The molecule has 0 atom stereocenters. The molecule has 0 saturated heterocycles. The van der Waals surface area contributed by atoms with Crippen LogP contribution in [0.15, 0.2) is 0 Å². The van der Waals surface area contributed by atoms with Crippen molar-refractivity contribution in [1.29, 1.82) is 0 Å². The first-order valence-corrected chi connectivity index (χ1v) is 3.96. The molecule has 0 aliphatic carbocycles. The molecule has 0 heterocycles. The second-order valence-electron chi connectivity index (χ2n) is 2.32. The fourth-order valence-electron chi connectivity index (χ4n) is 0.877. The predicted molar refractivity (Wildman–Crippen MR) is 46.9 cm³/mol. The van der Waals surface area contributed by atoms with Gasteiger partial charge in [0.25, 0.3) is 0 Å². The summed E-state index contributed by atoms with van der Waals surface area (Å²) in [5, 5.41) is 2.54. The Labute approximate surface area is 69.6 Å². The summed E-state index contributed by atoms with van der Waals surface area (Å²) in [6.45, 7) is 7.71. The molecule has 0 aromatic carbocycles. The first-order chi connectivity index (χ1) is 5.20. The van der Waals surface area contributed by atoms with Crippen LogP contribution in [0.3, 0.4) is 0 Å². The highest BCUT2D eigenvalue weighted by atomic mass is 16.1. The minimum absolute atomic E-state index is 0.447. The standard InChI is InChI=1S/C7H15BN2O/c1-3-10(4-2)6-5-9-7(8)11/h3-6H2,1-2H3,(H,9,11). The zero-order chi connectivity index (χ0) is 8.69. The van der Waals surface area contributed by atoms with Gasteiger partial charge in [-0.3, -0.25) is 4.79 Å². The van der Waals surface area contributed by atoms with Crippen molar-refractivity contribution < 1.29 is 4.79 Å². The van der Waals surface area contributed by atoms with Gasteiger partial charge in [-0.25, -0.2) is 0 Å². The minimum atomic E-state index is -0.447. The number of likely N-dealkylation sites (N-methyl/N-ethyl adjacent to an activating group) is 1. The molecule has 0 aromatic heterocycles. The van der Waals surface area contributed by atoms with E-state index in [2.05, 4.69) is 24.1 Å². The van der Waals surface area contributed by atoms with E-state index in [4.69, 9.17) is 7.85 Å². The molecular formula is C7H15BN2O. The highest BCUT2D eigenvalue weighted by Gasteiger charge is 1.97. The minimum Gasteiger partial charge on any atom is -0.365 e. The first-order valence-electron chi connectivity index (χ1n) is 3.96. The van der Waals surface area contributed by atoms with Gasteiger partial charge in [0.1, 0.15) is 0 Å². The highest BCUT2D eigenvalue weighted by Crippen LogP contribution is 1.83. The maximum absolute atomic E-state index is 10.3. The van der Waals surface area contributed by atoms with Crippen molar-refractivity contribution in [1.82, 2.24) is 10.2 Å². The van der Waals surface area contributed by atoms with Gasteiger partial charge in [0, 0.05) is 13.1 Å². The van der Waals surface area contributed by atoms with Crippen LogP contribution < -0.4 is 5.32 Å². The van der Waals surface area contributed by atoms with Gasteiger partial charge in [-0.15, -0.1) is 0 Å². The third-order valence-corrected chi connectivity index (χ3v) is 1.62. The number of hydrogen-bond acceptors (Lipinski definition) is 2. The molecule has 62 valence electrons. The molecule has 0 rings (SSSR count). The second kappa shape index (κ2) is 6.22. The monoisotopic (exact) mass is 154 g/mol. The van der Waals surface area contributed by atoms with E-state index >= 15 is 0 Å². The molecule has 0 bridgehead atoms. The van der Waals surface area contributed by atoms with E-state index in [1.807, 2.05) is 0 Å². The Hall–Kier alpha value is -0.505. The zero-order valence-electron chi connectivity index (χ0n) is 7.26. The summed E-state index contributed by atoms with van der Waals surface area (Å²) in [5.41, 5.74) is 0. The van der Waals surface area contributed by atoms with Crippen LogP contribution >= 0.6 is 0 Å². The van der Waals surface area contributed by atoms with Crippen LogP contribution in [0, 0.1) is 0 Å². The molecule has 0 fully saturated rings. The molecule has 0 aliphatic rings. The number of amides is 1. The summed E-state index contributed by atoms with van der Waals surface area (Å²) < 4.78 is 0. The van der Waals surface area contributed by atoms with Gasteiger partial charge in [0.05, 0.1) is 0 Å².